The first kappa shape index (κ1) is 26.7. The molecule has 3 aromatic carbocycles. The van der Waals surface area contributed by atoms with Gasteiger partial charge in [0.05, 0.1) is 0 Å². The molecule has 0 aliphatic carbocycles. The number of aromatic amines is 1. The number of hydrogen-bond acceptors (Lipinski definition) is 2. The summed E-state index contributed by atoms with van der Waals surface area (Å²) in [6, 6.07) is 23.7. The number of rotatable bonds is 8. The van der Waals surface area contributed by atoms with Gasteiger partial charge in [-0.2, -0.15) is 0 Å². The van der Waals surface area contributed by atoms with E-state index in [-0.39, 0.29) is 11.8 Å². The van der Waals surface area contributed by atoms with E-state index in [1.807, 2.05) is 19.9 Å². The number of fused-ring (bicyclic) bond motifs is 1. The molecule has 1 aliphatic rings. The lowest BCUT2D eigenvalue weighted by Crippen LogP contribution is -2.33. The predicted molar refractivity (Wildman–Crippen MR) is 163 cm³/mol. The van der Waals surface area contributed by atoms with Gasteiger partial charge in [-0.15, -0.1) is 0 Å². The van der Waals surface area contributed by atoms with Crippen molar-refractivity contribution >= 4 is 38.4 Å². The quantitative estimate of drug-likeness (QED) is 0.223. The zero-order chi connectivity index (χ0) is 26.6. The van der Waals surface area contributed by atoms with Gasteiger partial charge in [0.15, 0.2) is 0 Å². The number of halogens is 1. The zero-order valence-corrected chi connectivity index (χ0v) is 24.3. The number of aromatic nitrogens is 1. The lowest BCUT2D eigenvalue weighted by atomic mass is 9.89. The van der Waals surface area contributed by atoms with Crippen LogP contribution in [0.4, 0.5) is 5.69 Å². The van der Waals surface area contributed by atoms with E-state index in [0.717, 1.165) is 55.5 Å². The number of likely N-dealkylation sites (tertiary alicyclic amines) is 1. The van der Waals surface area contributed by atoms with Gasteiger partial charge >= 0.3 is 0 Å². The Kier molecular flexibility index (Phi) is 8.35. The van der Waals surface area contributed by atoms with Crippen LogP contribution < -0.4 is 5.32 Å². The summed E-state index contributed by atoms with van der Waals surface area (Å²) in [6.45, 7) is 9.41. The Morgan fingerprint density at radius 2 is 1.79 bits per heavy atom. The van der Waals surface area contributed by atoms with Gasteiger partial charge in [-0.1, -0.05) is 72.2 Å². The number of piperidine rings is 1. The van der Waals surface area contributed by atoms with Crippen LogP contribution in [0.3, 0.4) is 0 Å². The van der Waals surface area contributed by atoms with Gasteiger partial charge in [0.1, 0.15) is 0 Å². The Bertz CT molecular complexity index is 1400. The Balaban J connectivity index is 1.21. The highest BCUT2D eigenvalue weighted by molar-refractivity contribution is 9.10. The molecule has 0 atom stereocenters. The lowest BCUT2D eigenvalue weighted by Gasteiger charge is -2.32. The van der Waals surface area contributed by atoms with E-state index in [1.165, 1.54) is 38.9 Å². The van der Waals surface area contributed by atoms with Gasteiger partial charge in [0.2, 0.25) is 5.91 Å². The van der Waals surface area contributed by atoms with Crippen molar-refractivity contribution in [1.82, 2.24) is 9.88 Å². The van der Waals surface area contributed by atoms with Crippen LogP contribution in [-0.4, -0.2) is 35.4 Å². The molecule has 2 heterocycles. The Hall–Kier alpha value is -2.89. The van der Waals surface area contributed by atoms with Crippen molar-refractivity contribution in [2.24, 2.45) is 5.92 Å². The van der Waals surface area contributed by atoms with Crippen LogP contribution in [0.5, 0.6) is 0 Å². The largest absolute Gasteiger partial charge is 0.354 e. The second-order valence-corrected chi connectivity index (χ2v) is 11.9. The molecule has 5 rings (SSSR count). The third kappa shape index (κ3) is 6.05. The number of H-pyrrole nitrogens is 1. The van der Waals surface area contributed by atoms with Crippen molar-refractivity contribution in [3.63, 3.8) is 0 Å². The normalized spacial score (nSPS) is 14.9. The fourth-order valence-electron chi connectivity index (χ4n) is 5.67. The van der Waals surface area contributed by atoms with Gasteiger partial charge in [-0.25, -0.2) is 0 Å². The van der Waals surface area contributed by atoms with Crippen molar-refractivity contribution in [3.8, 4) is 11.3 Å². The molecule has 4 nitrogen and oxygen atoms in total. The average Bonchev–Trinajstić information content (AvgIpc) is 3.29. The molecule has 38 heavy (non-hydrogen) atoms. The van der Waals surface area contributed by atoms with E-state index in [4.69, 9.17) is 0 Å². The molecule has 1 aromatic heterocycles. The molecule has 0 unspecified atom stereocenters. The van der Waals surface area contributed by atoms with Crippen LogP contribution in [0.2, 0.25) is 0 Å². The molecule has 5 heteroatoms. The fraction of sp³-hybridized carbons (Fsp3) is 0.364. The maximum Gasteiger partial charge on any atom is 0.226 e. The molecule has 0 radical (unpaired) electrons. The molecule has 0 spiro atoms. The molecule has 1 amide bonds. The van der Waals surface area contributed by atoms with Gasteiger partial charge in [-0.05, 0) is 105 Å². The highest BCUT2D eigenvalue weighted by Crippen LogP contribution is 2.34. The van der Waals surface area contributed by atoms with Gasteiger partial charge in [0, 0.05) is 32.7 Å². The molecule has 1 aliphatic heterocycles. The minimum Gasteiger partial charge on any atom is -0.354 e. The van der Waals surface area contributed by atoms with Crippen LogP contribution in [0.1, 0.15) is 55.7 Å². The first-order valence-electron chi connectivity index (χ1n) is 13.9. The molecule has 4 aromatic rings. The van der Waals surface area contributed by atoms with E-state index < -0.39 is 0 Å². The lowest BCUT2D eigenvalue weighted by molar-refractivity contribution is -0.118. The van der Waals surface area contributed by atoms with Gasteiger partial charge < -0.3 is 15.2 Å². The third-order valence-electron chi connectivity index (χ3n) is 7.92. The standard InChI is InChI=1S/C33H38BrN3O/c1-22(2)33(38)35-28-9-5-8-26(21-28)24-16-19-37(20-17-24)18-6-11-30-29-10-4-7-23(3)31(29)36-32(30)25-12-14-27(34)15-13-25/h4-5,7-10,12-15,21-22,24,36H,6,11,16-20H2,1-3H3,(H,35,38). The topological polar surface area (TPSA) is 48.1 Å². The van der Waals surface area contributed by atoms with Crippen molar-refractivity contribution in [2.45, 2.75) is 52.4 Å². The van der Waals surface area contributed by atoms with Crippen LogP contribution in [0.25, 0.3) is 22.2 Å². The Morgan fingerprint density at radius 3 is 2.53 bits per heavy atom. The van der Waals surface area contributed by atoms with E-state index >= 15 is 0 Å². The monoisotopic (exact) mass is 571 g/mol. The highest BCUT2D eigenvalue weighted by Gasteiger charge is 2.21. The summed E-state index contributed by atoms with van der Waals surface area (Å²) in [5.74, 6) is 0.620. The molecule has 1 saturated heterocycles. The van der Waals surface area contributed by atoms with Crippen LogP contribution in [0.15, 0.2) is 71.2 Å². The van der Waals surface area contributed by atoms with Crippen LogP contribution in [0, 0.1) is 12.8 Å². The number of anilines is 1. The first-order chi connectivity index (χ1) is 18.4. The fourth-order valence-corrected chi connectivity index (χ4v) is 5.93. The molecule has 0 bridgehead atoms. The molecule has 198 valence electrons. The van der Waals surface area contributed by atoms with Crippen LogP contribution in [-0.2, 0) is 11.2 Å². The number of carbonyl (C=O) groups excluding carboxylic acids is 1. The summed E-state index contributed by atoms with van der Waals surface area (Å²) in [5.41, 5.74) is 8.74. The Morgan fingerprint density at radius 1 is 1.05 bits per heavy atom. The van der Waals surface area contributed by atoms with Crippen molar-refractivity contribution in [2.75, 3.05) is 25.0 Å². The number of nitrogens with zero attached hydrogens (tertiary/aromatic N) is 1. The van der Waals surface area contributed by atoms with Crippen molar-refractivity contribution < 1.29 is 4.79 Å². The molecule has 2 N–H and O–H groups in total. The van der Waals surface area contributed by atoms with Crippen molar-refractivity contribution in [3.05, 3.63) is 87.9 Å². The number of hydrogen-bond donors (Lipinski definition) is 2. The molecular formula is C33H38BrN3O. The number of amides is 1. The van der Waals surface area contributed by atoms with E-state index in [2.05, 4.69) is 98.7 Å². The smallest absolute Gasteiger partial charge is 0.226 e. The maximum absolute atomic E-state index is 12.1. The van der Waals surface area contributed by atoms with Gasteiger partial charge in [-0.3, -0.25) is 4.79 Å². The molecule has 0 saturated carbocycles. The SMILES string of the molecule is Cc1cccc2c(CCCN3CCC(c4cccc(NC(=O)C(C)C)c4)CC3)c(-c3ccc(Br)cc3)[nH]c12. The second kappa shape index (κ2) is 11.9. The minimum atomic E-state index is -0.0129. The summed E-state index contributed by atoms with van der Waals surface area (Å²) in [4.78, 5) is 18.5. The van der Waals surface area contributed by atoms with Crippen LogP contribution >= 0.6 is 15.9 Å². The summed E-state index contributed by atoms with van der Waals surface area (Å²) >= 11 is 3.57. The van der Waals surface area contributed by atoms with Crippen molar-refractivity contribution in [1.29, 1.82) is 0 Å². The molecule has 1 fully saturated rings. The number of benzene rings is 3. The number of aryl methyl sites for hydroxylation is 2. The van der Waals surface area contributed by atoms with E-state index in [0.29, 0.717) is 5.92 Å². The number of nitrogens with one attached hydrogen (secondary N) is 2. The Labute approximate surface area is 235 Å². The zero-order valence-electron chi connectivity index (χ0n) is 22.7. The number of para-hydroxylation sites is 1. The highest BCUT2D eigenvalue weighted by atomic mass is 79.9. The van der Waals surface area contributed by atoms with E-state index in [9.17, 15) is 4.79 Å². The summed E-state index contributed by atoms with van der Waals surface area (Å²) in [7, 11) is 0. The van der Waals surface area contributed by atoms with Gasteiger partial charge in [0.25, 0.3) is 0 Å². The summed E-state index contributed by atoms with van der Waals surface area (Å²) < 4.78 is 1.10. The minimum absolute atomic E-state index is 0.0129. The third-order valence-corrected chi connectivity index (χ3v) is 8.45. The molecular weight excluding hydrogens is 534 g/mol. The summed E-state index contributed by atoms with van der Waals surface area (Å²) in [5, 5.41) is 4.40. The number of carbonyl (C=O) groups is 1. The summed E-state index contributed by atoms with van der Waals surface area (Å²) in [6.07, 6.45) is 4.54. The van der Waals surface area contributed by atoms with E-state index in [1.54, 1.807) is 0 Å². The predicted octanol–water partition coefficient (Wildman–Crippen LogP) is 8.31. The first-order valence-corrected chi connectivity index (χ1v) is 14.7. The average molecular weight is 573 g/mol. The second-order valence-electron chi connectivity index (χ2n) is 11.0. The maximum atomic E-state index is 12.1.